The number of carbonyl (C=O) groups excluding carboxylic acids is 7. The Morgan fingerprint density at radius 3 is 1.41 bits per heavy atom. The van der Waals surface area contributed by atoms with Crippen LogP contribution >= 0.6 is 0 Å². The largest absolute Gasteiger partial charge is 0.541 e. The number of cyclic esters (lactones) is 4. The van der Waals surface area contributed by atoms with Gasteiger partial charge in [0.2, 0.25) is 0 Å². The number of carboxylic acids is 1. The van der Waals surface area contributed by atoms with Crippen LogP contribution in [0, 0.1) is 42.4 Å². The van der Waals surface area contributed by atoms with E-state index >= 15 is 0 Å². The summed E-state index contributed by atoms with van der Waals surface area (Å²) in [6, 6.07) is 0. The number of ketones is 2. The molecule has 0 aromatic heterocycles. The Morgan fingerprint density at radius 1 is 0.696 bits per heavy atom. The van der Waals surface area contributed by atoms with Crippen LogP contribution < -0.4 is 0 Å². The van der Waals surface area contributed by atoms with E-state index in [0.29, 0.717) is 39.1 Å². The van der Waals surface area contributed by atoms with Crippen molar-refractivity contribution in [1.29, 1.82) is 0 Å². The standard InChI is InChI=1S/C15H28O4.C15H27O3.C11H18O4.C5H10O.C4H2O3.C3H7.Y/c1-5-8-9-12(16)14(11(4)15(17)18)13(7-3)19-10-6-2;1-5-8-9-13(17)15(12(4)11-16)14(7-3)18-10-6-2;1-4-6-14-8(5-2)9-7(3)10(12)15-11(9)13;1-3-5-6-4-2;5-3-1-2-4(6)7-3;1-3-2;/h11,13-14H,5-10H2,1-4H3,(H,17,18);12,14-15H,5-10H2,1-4H3;7-9H,4-6H2,1-3H3;4H,2-3,5H2,1H3;1-2H;1,3H2,2H3;/q;-1;;;;-1;. The fourth-order valence-electron chi connectivity index (χ4n) is 6.70. The third kappa shape index (κ3) is 35.7. The molecule has 0 aromatic rings. The molecule has 1 fully saturated rings. The van der Waals surface area contributed by atoms with Gasteiger partial charge in [-0.25, -0.2) is 9.59 Å². The third-order valence-electron chi connectivity index (χ3n) is 10.3. The van der Waals surface area contributed by atoms with Crippen molar-refractivity contribution < 1.29 is 105 Å². The number of Topliss-reactive ketones (excluding diaryl/α,β-unsaturated/α-hetero) is 2. The smallest absolute Gasteiger partial charge is 0.338 e. The predicted molar refractivity (Wildman–Crippen MR) is 265 cm³/mol. The first-order valence-electron chi connectivity index (χ1n) is 25.1. The van der Waals surface area contributed by atoms with E-state index in [1.165, 1.54) is 6.26 Å². The fourth-order valence-corrected chi connectivity index (χ4v) is 6.70. The summed E-state index contributed by atoms with van der Waals surface area (Å²) in [4.78, 5) is 89.0. The third-order valence-corrected chi connectivity index (χ3v) is 10.3. The number of esters is 4. The minimum absolute atomic E-state index is 0. The Labute approximate surface area is 442 Å². The maximum Gasteiger partial charge on any atom is 0.338 e. The molecule has 1 radical (unpaired) electrons. The van der Waals surface area contributed by atoms with Crippen molar-refractivity contribution in [3.05, 3.63) is 31.9 Å². The van der Waals surface area contributed by atoms with E-state index in [0.717, 1.165) is 89.4 Å². The van der Waals surface area contributed by atoms with Crippen LogP contribution in [0.3, 0.4) is 0 Å². The Morgan fingerprint density at radius 2 is 1.12 bits per heavy atom. The predicted octanol–water partition coefficient (Wildman–Crippen LogP) is 10.5. The number of ether oxygens (including phenoxy) is 6. The minimum atomic E-state index is -0.923. The van der Waals surface area contributed by atoms with Crippen molar-refractivity contribution >= 4 is 47.7 Å². The Kier molecular flexibility index (Phi) is 54.3. The van der Waals surface area contributed by atoms with Gasteiger partial charge in [-0.05, 0) is 57.8 Å². The Bertz CT molecular complexity index is 1400. The maximum atomic E-state index is 12.3. The topological polar surface area (TPSA) is 212 Å². The van der Waals surface area contributed by atoms with Gasteiger partial charge in [0.05, 0.1) is 54.9 Å². The number of unbranched alkanes of at least 4 members (excludes halogenated alkanes) is 2. The average Bonchev–Trinajstić information content (AvgIpc) is 3.83. The summed E-state index contributed by atoms with van der Waals surface area (Å²) in [5, 5.41) is 9.19. The molecule has 1 saturated heterocycles. The zero-order valence-electron chi connectivity index (χ0n) is 44.8. The molecule has 2 rings (SSSR count). The molecule has 0 saturated carbocycles. The summed E-state index contributed by atoms with van der Waals surface area (Å²) < 4.78 is 30.3. The number of rotatable bonds is 30. The van der Waals surface area contributed by atoms with Crippen LogP contribution in [0.5, 0.6) is 0 Å². The maximum absolute atomic E-state index is 12.3. The van der Waals surface area contributed by atoms with Crippen molar-refractivity contribution in [3.63, 3.8) is 0 Å². The number of carboxylic acid groups (broad SMARTS) is 1. The van der Waals surface area contributed by atoms with Crippen molar-refractivity contribution in [1.82, 2.24) is 0 Å². The Balaban J connectivity index is -0.000000255. The summed E-state index contributed by atoms with van der Waals surface area (Å²) in [5.41, 5.74) is 0. The molecule has 9 unspecified atom stereocenters. The summed E-state index contributed by atoms with van der Waals surface area (Å²) in [6.07, 6.45) is 16.5. The van der Waals surface area contributed by atoms with E-state index in [2.05, 4.69) is 36.8 Å². The van der Waals surface area contributed by atoms with Crippen LogP contribution in [0.4, 0.5) is 0 Å². The average molecular weight is 1060 g/mol. The van der Waals surface area contributed by atoms with Gasteiger partial charge < -0.3 is 45.2 Å². The van der Waals surface area contributed by atoms with Gasteiger partial charge in [0, 0.05) is 83.4 Å². The molecule has 16 heteroatoms. The van der Waals surface area contributed by atoms with Crippen LogP contribution in [0.1, 0.15) is 180 Å². The molecule has 15 nitrogen and oxygen atoms in total. The van der Waals surface area contributed by atoms with E-state index in [9.17, 15) is 43.5 Å². The van der Waals surface area contributed by atoms with Gasteiger partial charge in [-0.2, -0.15) is 6.42 Å². The quantitative estimate of drug-likeness (QED) is 0.0233. The summed E-state index contributed by atoms with van der Waals surface area (Å²) >= 11 is 0. The van der Waals surface area contributed by atoms with Gasteiger partial charge in [-0.15, -0.1) is 5.92 Å². The zero-order valence-corrected chi connectivity index (χ0v) is 47.6. The van der Waals surface area contributed by atoms with E-state index in [1.54, 1.807) is 20.8 Å². The zero-order chi connectivity index (χ0) is 53.0. The molecule has 0 aromatic carbocycles. The van der Waals surface area contributed by atoms with Crippen molar-refractivity contribution in [2.45, 2.75) is 198 Å². The molecular formula is C53H92O15Y-2. The van der Waals surface area contributed by atoms with Gasteiger partial charge in [0.1, 0.15) is 11.6 Å². The normalized spacial score (nSPS) is 17.3. The molecule has 2 aliphatic rings. The van der Waals surface area contributed by atoms with Crippen LogP contribution in [0.15, 0.2) is 25.0 Å². The summed E-state index contributed by atoms with van der Waals surface area (Å²) in [6.45, 7) is 34.7. The van der Waals surface area contributed by atoms with Gasteiger partial charge in [0.25, 0.3) is 0 Å². The van der Waals surface area contributed by atoms with Gasteiger partial charge in [0.15, 0.2) is 0 Å². The molecule has 0 bridgehead atoms. The molecule has 1 N–H and O–H groups in total. The minimum Gasteiger partial charge on any atom is -0.541 e. The van der Waals surface area contributed by atoms with Crippen LogP contribution in [0.2, 0.25) is 0 Å². The first-order valence-corrected chi connectivity index (χ1v) is 25.1. The molecule has 0 aliphatic carbocycles. The number of carbonyl (C=O) groups is 7. The van der Waals surface area contributed by atoms with E-state index < -0.39 is 47.6 Å². The second kappa shape index (κ2) is 50.0. The first-order chi connectivity index (χ1) is 32.3. The van der Waals surface area contributed by atoms with Crippen LogP contribution in [-0.4, -0.2) is 97.5 Å². The molecule has 0 spiro atoms. The van der Waals surface area contributed by atoms with Crippen molar-refractivity contribution in [2.24, 2.45) is 35.5 Å². The number of hydrogen-bond donors (Lipinski definition) is 1. The van der Waals surface area contributed by atoms with Crippen LogP contribution in [0.25, 0.3) is 0 Å². The second-order valence-electron chi connectivity index (χ2n) is 16.3. The molecule has 2 heterocycles. The molecule has 69 heavy (non-hydrogen) atoms. The second-order valence-corrected chi connectivity index (χ2v) is 16.3. The molecule has 2 aliphatic heterocycles. The van der Waals surface area contributed by atoms with E-state index in [-0.39, 0.29) is 80.3 Å². The van der Waals surface area contributed by atoms with E-state index in [4.69, 9.17) is 18.9 Å². The summed E-state index contributed by atoms with van der Waals surface area (Å²) in [7, 11) is 0. The van der Waals surface area contributed by atoms with E-state index in [1.807, 2.05) is 61.7 Å². The Hall–Kier alpha value is -2.98. The van der Waals surface area contributed by atoms with Gasteiger partial charge in [-0.3, -0.25) is 30.3 Å². The van der Waals surface area contributed by atoms with Crippen molar-refractivity contribution in [2.75, 3.05) is 26.4 Å². The molecular weight excluding hydrogens is 965 g/mol. The summed E-state index contributed by atoms with van der Waals surface area (Å²) in [5.74, 6) is -5.49. The monoisotopic (exact) mass is 1060 g/mol. The van der Waals surface area contributed by atoms with Crippen molar-refractivity contribution in [3.8, 4) is 0 Å². The van der Waals surface area contributed by atoms with Gasteiger partial charge >= 0.3 is 29.8 Å². The SMILES string of the molecule is C=COCCC.CCCCC(=O)C(C(C)[C-]=O)C(CC)OCCC.CCCCC(=O)C(C(CC)OCCC)C(C)C(=O)O.CCCOC(CC)C1C(=O)OC(=O)C1C.O=C1C=CC(=O)O1.[CH2-]CC.[Y]. The number of aliphatic carboxylic acids is 1. The first kappa shape index (κ1) is 75.0. The molecule has 0 amide bonds. The fraction of sp³-hybridized carbons (Fsp3) is 0.755. The molecule has 399 valence electrons. The molecule has 9 atom stereocenters. The van der Waals surface area contributed by atoms with Gasteiger partial charge in [-0.1, -0.05) is 109 Å². The van der Waals surface area contributed by atoms with Crippen LogP contribution in [-0.2, 0) is 99.5 Å². The number of hydrogen-bond acceptors (Lipinski definition) is 14.